The molecule has 5 rings (SSSR count). The van der Waals surface area contributed by atoms with Gasteiger partial charge in [-0.2, -0.15) is 0 Å². The van der Waals surface area contributed by atoms with Crippen LogP contribution in [0.3, 0.4) is 0 Å². The number of ether oxygens (including phenoxy) is 2. The van der Waals surface area contributed by atoms with E-state index < -0.39 is 5.82 Å². The van der Waals surface area contributed by atoms with Gasteiger partial charge in [-0.05, 0) is 84.8 Å². The van der Waals surface area contributed by atoms with Gasteiger partial charge in [-0.25, -0.2) is 4.39 Å². The van der Waals surface area contributed by atoms with Crippen molar-refractivity contribution in [2.45, 2.75) is 31.4 Å². The van der Waals surface area contributed by atoms with E-state index >= 15 is 0 Å². The maximum atomic E-state index is 13.7. The zero-order valence-electron chi connectivity index (χ0n) is 20.3. The topological polar surface area (TPSA) is 59.1 Å². The Morgan fingerprint density at radius 2 is 1.92 bits per heavy atom. The smallest absolute Gasteiger partial charge is 0.254 e. The standard InChI is InChI=1S/C28H28ClFN2O4S/c29-20-5-9-22(10-6-20)36-18-25-24-12-15-37-26(24)11-13-32(25)27(33)17-31(16-23-2-1-14-35-23)28(34)19-3-7-21(30)8-4-19/h3-10,12,15,23,25H,1-2,11,13-14,16-18H2. The van der Waals surface area contributed by atoms with E-state index in [9.17, 15) is 14.0 Å². The number of nitrogens with zero attached hydrogens (tertiary/aromatic N) is 2. The van der Waals surface area contributed by atoms with E-state index in [1.165, 1.54) is 34.0 Å². The highest BCUT2D eigenvalue weighted by atomic mass is 35.5. The van der Waals surface area contributed by atoms with Gasteiger partial charge in [-0.3, -0.25) is 9.59 Å². The summed E-state index contributed by atoms with van der Waals surface area (Å²) in [6, 6.07) is 14.3. The Balaban J connectivity index is 1.34. The summed E-state index contributed by atoms with van der Waals surface area (Å²) in [6.07, 6.45) is 2.40. The second-order valence-electron chi connectivity index (χ2n) is 9.24. The lowest BCUT2D eigenvalue weighted by molar-refractivity contribution is -0.135. The molecule has 2 amide bonds. The van der Waals surface area contributed by atoms with Crippen molar-refractivity contribution in [1.82, 2.24) is 9.80 Å². The number of rotatable bonds is 8. The van der Waals surface area contributed by atoms with Crippen LogP contribution in [-0.2, 0) is 16.0 Å². The van der Waals surface area contributed by atoms with Crippen LogP contribution in [0.2, 0.25) is 5.02 Å². The largest absolute Gasteiger partial charge is 0.491 e. The van der Waals surface area contributed by atoms with Crippen LogP contribution >= 0.6 is 22.9 Å². The van der Waals surface area contributed by atoms with Gasteiger partial charge in [0.2, 0.25) is 5.91 Å². The first-order chi connectivity index (χ1) is 18.0. The predicted octanol–water partition coefficient (Wildman–Crippen LogP) is 5.37. The summed E-state index contributed by atoms with van der Waals surface area (Å²) < 4.78 is 25.3. The Kier molecular flexibility index (Phi) is 8.08. The molecule has 2 unspecified atom stereocenters. The molecule has 3 aromatic rings. The molecule has 0 saturated carbocycles. The Bertz CT molecular complexity index is 1230. The van der Waals surface area contributed by atoms with Crippen LogP contribution in [0.1, 0.15) is 39.7 Å². The van der Waals surface area contributed by atoms with E-state index in [-0.39, 0.29) is 37.1 Å². The maximum Gasteiger partial charge on any atom is 0.254 e. The lowest BCUT2D eigenvalue weighted by Gasteiger charge is -2.37. The molecule has 37 heavy (non-hydrogen) atoms. The minimum absolute atomic E-state index is 0.0903. The normalized spacial score (nSPS) is 18.9. The second-order valence-corrected chi connectivity index (χ2v) is 10.7. The number of amides is 2. The number of thiophene rings is 1. The quantitative estimate of drug-likeness (QED) is 0.384. The van der Waals surface area contributed by atoms with E-state index in [0.29, 0.717) is 36.0 Å². The van der Waals surface area contributed by atoms with Crippen molar-refractivity contribution in [1.29, 1.82) is 0 Å². The Labute approximate surface area is 224 Å². The summed E-state index contributed by atoms with van der Waals surface area (Å²) in [5.74, 6) is -0.214. The zero-order chi connectivity index (χ0) is 25.8. The Morgan fingerprint density at radius 3 is 2.65 bits per heavy atom. The van der Waals surface area contributed by atoms with Crippen LogP contribution in [-0.4, -0.2) is 60.6 Å². The molecule has 194 valence electrons. The molecule has 2 aliphatic heterocycles. The van der Waals surface area contributed by atoms with Crippen molar-refractivity contribution >= 4 is 34.8 Å². The highest BCUT2D eigenvalue weighted by molar-refractivity contribution is 7.10. The SMILES string of the molecule is O=C(c1ccc(F)cc1)N(CC(=O)N1CCc2sccc2C1COc1ccc(Cl)cc1)CC1CCCO1. The van der Waals surface area contributed by atoms with Crippen molar-refractivity contribution in [2.24, 2.45) is 0 Å². The number of hydrogen-bond acceptors (Lipinski definition) is 5. The number of carbonyl (C=O) groups excluding carboxylic acids is 2. The molecule has 2 aliphatic rings. The van der Waals surface area contributed by atoms with Crippen molar-refractivity contribution in [3.05, 3.63) is 86.8 Å². The molecule has 3 heterocycles. The molecular weight excluding hydrogens is 515 g/mol. The van der Waals surface area contributed by atoms with Gasteiger partial charge in [0.05, 0.1) is 12.1 Å². The second kappa shape index (κ2) is 11.6. The fourth-order valence-electron chi connectivity index (χ4n) is 4.86. The molecule has 0 bridgehead atoms. The molecule has 9 heteroatoms. The third kappa shape index (κ3) is 6.14. The number of carbonyl (C=O) groups is 2. The van der Waals surface area contributed by atoms with Gasteiger partial charge in [0, 0.05) is 35.2 Å². The first-order valence-corrected chi connectivity index (χ1v) is 13.6. The molecule has 2 aromatic carbocycles. The highest BCUT2D eigenvalue weighted by Crippen LogP contribution is 2.34. The van der Waals surface area contributed by atoms with Gasteiger partial charge < -0.3 is 19.3 Å². The van der Waals surface area contributed by atoms with Crippen LogP contribution in [0.15, 0.2) is 60.0 Å². The Morgan fingerprint density at radius 1 is 1.14 bits per heavy atom. The first kappa shape index (κ1) is 25.7. The first-order valence-electron chi connectivity index (χ1n) is 12.4. The predicted molar refractivity (Wildman–Crippen MR) is 141 cm³/mol. The third-order valence-corrected chi connectivity index (χ3v) is 8.04. The highest BCUT2D eigenvalue weighted by Gasteiger charge is 2.34. The lowest BCUT2D eigenvalue weighted by Crippen LogP contribution is -2.49. The number of hydrogen-bond donors (Lipinski definition) is 0. The molecule has 0 spiro atoms. The summed E-state index contributed by atoms with van der Waals surface area (Å²) in [7, 11) is 0. The van der Waals surface area contributed by atoms with Gasteiger partial charge in [0.25, 0.3) is 5.91 Å². The van der Waals surface area contributed by atoms with E-state index in [1.807, 2.05) is 16.3 Å². The van der Waals surface area contributed by atoms with Crippen molar-refractivity contribution < 1.29 is 23.5 Å². The molecule has 2 atom stereocenters. The van der Waals surface area contributed by atoms with Gasteiger partial charge >= 0.3 is 0 Å². The molecule has 1 fully saturated rings. The summed E-state index contributed by atoms with van der Waals surface area (Å²) in [4.78, 5) is 31.7. The molecule has 0 aliphatic carbocycles. The zero-order valence-corrected chi connectivity index (χ0v) is 21.8. The third-order valence-electron chi connectivity index (χ3n) is 6.79. The van der Waals surface area contributed by atoms with Crippen molar-refractivity contribution in [3.63, 3.8) is 0 Å². The van der Waals surface area contributed by atoms with E-state index in [0.717, 1.165) is 24.8 Å². The monoisotopic (exact) mass is 542 g/mol. The fourth-order valence-corrected chi connectivity index (χ4v) is 5.92. The molecule has 0 radical (unpaired) electrons. The molecule has 1 aromatic heterocycles. The minimum Gasteiger partial charge on any atom is -0.491 e. The van der Waals surface area contributed by atoms with Crippen molar-refractivity contribution in [3.8, 4) is 5.75 Å². The van der Waals surface area contributed by atoms with Crippen molar-refractivity contribution in [2.75, 3.05) is 32.8 Å². The van der Waals surface area contributed by atoms with Gasteiger partial charge in [0.15, 0.2) is 0 Å². The lowest BCUT2D eigenvalue weighted by atomic mass is 10.00. The van der Waals surface area contributed by atoms with Crippen LogP contribution in [0, 0.1) is 5.82 Å². The fraction of sp³-hybridized carbons (Fsp3) is 0.357. The average molecular weight is 543 g/mol. The van der Waals surface area contributed by atoms with Crippen LogP contribution < -0.4 is 4.74 Å². The summed E-state index contributed by atoms with van der Waals surface area (Å²) >= 11 is 7.68. The van der Waals surface area contributed by atoms with Crippen LogP contribution in [0.5, 0.6) is 5.75 Å². The summed E-state index contributed by atoms with van der Waals surface area (Å²) in [6.45, 7) is 1.70. The molecule has 1 saturated heterocycles. The maximum absolute atomic E-state index is 13.7. The van der Waals surface area contributed by atoms with Crippen LogP contribution in [0.25, 0.3) is 0 Å². The van der Waals surface area contributed by atoms with E-state index in [2.05, 4.69) is 0 Å². The van der Waals surface area contributed by atoms with Gasteiger partial charge in [-0.15, -0.1) is 11.3 Å². The van der Waals surface area contributed by atoms with Gasteiger partial charge in [0.1, 0.15) is 24.7 Å². The van der Waals surface area contributed by atoms with E-state index in [4.69, 9.17) is 21.1 Å². The number of benzene rings is 2. The number of fused-ring (bicyclic) bond motifs is 1. The Hall–Kier alpha value is -2.94. The van der Waals surface area contributed by atoms with E-state index in [1.54, 1.807) is 35.6 Å². The summed E-state index contributed by atoms with van der Waals surface area (Å²) in [5.41, 5.74) is 1.42. The summed E-state index contributed by atoms with van der Waals surface area (Å²) in [5, 5.41) is 2.66. The number of halogens is 2. The van der Waals surface area contributed by atoms with Crippen LogP contribution in [0.4, 0.5) is 4.39 Å². The molecule has 6 nitrogen and oxygen atoms in total. The molecule has 0 N–H and O–H groups in total. The van der Waals surface area contributed by atoms with Gasteiger partial charge in [-0.1, -0.05) is 11.6 Å². The minimum atomic E-state index is -0.415. The average Bonchev–Trinajstić information content (AvgIpc) is 3.60. The molecular formula is C28H28ClFN2O4S.